The van der Waals surface area contributed by atoms with E-state index in [-0.39, 0.29) is 12.0 Å². The van der Waals surface area contributed by atoms with Crippen molar-refractivity contribution < 1.29 is 14.3 Å². The molecule has 2 aromatic carbocycles. The van der Waals surface area contributed by atoms with E-state index in [0.29, 0.717) is 18.0 Å². The van der Waals surface area contributed by atoms with Crippen LogP contribution >= 0.6 is 11.3 Å². The van der Waals surface area contributed by atoms with E-state index in [1.807, 2.05) is 61.5 Å². The molecule has 2 heterocycles. The van der Waals surface area contributed by atoms with Crippen molar-refractivity contribution in [2.45, 2.75) is 32.4 Å². The molecule has 1 unspecified atom stereocenters. The van der Waals surface area contributed by atoms with Gasteiger partial charge in [0.2, 0.25) is 0 Å². The number of ether oxygens (including phenoxy) is 2. The second-order valence-corrected chi connectivity index (χ2v) is 8.07. The van der Waals surface area contributed by atoms with Gasteiger partial charge in [0.1, 0.15) is 22.2 Å². The predicted octanol–water partition coefficient (Wildman–Crippen LogP) is 4.61. The van der Waals surface area contributed by atoms with Gasteiger partial charge in [-0.25, -0.2) is 4.98 Å². The quantitative estimate of drug-likeness (QED) is 0.620. The van der Waals surface area contributed by atoms with Gasteiger partial charge in [0, 0.05) is 18.7 Å². The highest BCUT2D eigenvalue weighted by atomic mass is 32.1. The van der Waals surface area contributed by atoms with Crippen LogP contribution in [-0.4, -0.2) is 30.2 Å². The third-order valence-electron chi connectivity index (χ3n) is 4.86. The van der Waals surface area contributed by atoms with Crippen LogP contribution in [0.25, 0.3) is 10.6 Å². The summed E-state index contributed by atoms with van der Waals surface area (Å²) in [4.78, 5) is 17.8. The molecule has 0 radical (unpaired) electrons. The molecule has 29 heavy (non-hydrogen) atoms. The van der Waals surface area contributed by atoms with Crippen LogP contribution in [0.2, 0.25) is 0 Å². The summed E-state index contributed by atoms with van der Waals surface area (Å²) in [5, 5.41) is 3.85. The minimum absolute atomic E-state index is 0.0964. The number of rotatable bonds is 7. The number of hydrogen-bond donors (Lipinski definition) is 1. The molecule has 3 aromatic rings. The van der Waals surface area contributed by atoms with E-state index in [2.05, 4.69) is 10.3 Å². The van der Waals surface area contributed by atoms with Crippen LogP contribution in [0.3, 0.4) is 0 Å². The van der Waals surface area contributed by atoms with E-state index in [4.69, 9.17) is 9.47 Å². The average molecular weight is 409 g/mol. The highest BCUT2D eigenvalue weighted by Crippen LogP contribution is 2.27. The minimum atomic E-state index is -0.0964. The molecule has 1 aliphatic rings. The third kappa shape index (κ3) is 5.02. The van der Waals surface area contributed by atoms with E-state index in [1.165, 1.54) is 11.3 Å². The monoisotopic (exact) mass is 408 g/mol. The first kappa shape index (κ1) is 19.6. The Labute approximate surface area is 174 Å². The number of benzene rings is 2. The fourth-order valence-electron chi connectivity index (χ4n) is 3.24. The zero-order chi connectivity index (χ0) is 20.1. The van der Waals surface area contributed by atoms with Gasteiger partial charge in [0.15, 0.2) is 0 Å². The number of nitrogens with zero attached hydrogens (tertiary/aromatic N) is 1. The lowest BCUT2D eigenvalue weighted by Crippen LogP contribution is -2.22. The van der Waals surface area contributed by atoms with Crippen LogP contribution in [0.5, 0.6) is 5.75 Å². The van der Waals surface area contributed by atoms with E-state index < -0.39 is 0 Å². The summed E-state index contributed by atoms with van der Waals surface area (Å²) in [7, 11) is 0. The van der Waals surface area contributed by atoms with Crippen molar-refractivity contribution in [3.63, 3.8) is 0 Å². The maximum absolute atomic E-state index is 12.6. The molecule has 0 saturated carbocycles. The molecule has 0 aliphatic carbocycles. The number of carbonyl (C=O) groups is 1. The Bertz CT molecular complexity index is 948. The molecule has 5 nitrogen and oxygen atoms in total. The van der Waals surface area contributed by atoms with Crippen molar-refractivity contribution in [3.8, 4) is 16.3 Å². The minimum Gasteiger partial charge on any atom is -0.491 e. The fourth-order valence-corrected chi connectivity index (χ4v) is 4.23. The topological polar surface area (TPSA) is 60.5 Å². The molecule has 0 spiro atoms. The maximum atomic E-state index is 12.6. The summed E-state index contributed by atoms with van der Waals surface area (Å²) in [5.74, 6) is 0.724. The summed E-state index contributed by atoms with van der Waals surface area (Å²) >= 11 is 1.42. The highest BCUT2D eigenvalue weighted by Gasteiger charge is 2.17. The maximum Gasteiger partial charge on any atom is 0.263 e. The molecule has 0 bridgehead atoms. The Morgan fingerprint density at radius 1 is 1.21 bits per heavy atom. The zero-order valence-corrected chi connectivity index (χ0v) is 17.2. The van der Waals surface area contributed by atoms with Crippen molar-refractivity contribution in [3.05, 3.63) is 70.7 Å². The molecule has 1 N–H and O–H groups in total. The normalized spacial score (nSPS) is 16.0. The van der Waals surface area contributed by atoms with Gasteiger partial charge in [-0.15, -0.1) is 11.3 Å². The van der Waals surface area contributed by atoms with Gasteiger partial charge in [0.05, 0.1) is 11.8 Å². The number of hydrogen-bond acceptors (Lipinski definition) is 5. The number of carbonyl (C=O) groups excluding carboxylic acids is 1. The van der Waals surface area contributed by atoms with E-state index in [0.717, 1.165) is 47.0 Å². The SMILES string of the molecule is Cc1nc(-c2ccccc2)sc1C(=O)NCc1ccc(OCC2CCCO2)cc1. The Morgan fingerprint density at radius 3 is 2.72 bits per heavy atom. The van der Waals surface area contributed by atoms with Crippen LogP contribution in [0.4, 0.5) is 0 Å². The molecule has 1 fully saturated rings. The molecular weight excluding hydrogens is 384 g/mol. The number of nitrogens with one attached hydrogen (secondary N) is 1. The largest absolute Gasteiger partial charge is 0.491 e. The molecule has 1 saturated heterocycles. The Balaban J connectivity index is 1.32. The van der Waals surface area contributed by atoms with Crippen molar-refractivity contribution in [1.29, 1.82) is 0 Å². The average Bonchev–Trinajstić information content (AvgIpc) is 3.41. The van der Waals surface area contributed by atoms with Gasteiger partial charge in [0.25, 0.3) is 5.91 Å². The second kappa shape index (κ2) is 9.20. The van der Waals surface area contributed by atoms with Crippen LogP contribution < -0.4 is 10.1 Å². The van der Waals surface area contributed by atoms with Crippen molar-refractivity contribution >= 4 is 17.2 Å². The standard InChI is InChI=1S/C23H24N2O3S/c1-16-21(29-23(25-16)18-6-3-2-4-7-18)22(26)24-14-17-9-11-19(12-10-17)28-15-20-8-5-13-27-20/h2-4,6-7,9-12,20H,5,8,13-15H2,1H3,(H,24,26). The van der Waals surface area contributed by atoms with Crippen molar-refractivity contribution in [2.75, 3.05) is 13.2 Å². The van der Waals surface area contributed by atoms with E-state index >= 15 is 0 Å². The van der Waals surface area contributed by atoms with Crippen LogP contribution in [-0.2, 0) is 11.3 Å². The van der Waals surface area contributed by atoms with Gasteiger partial charge in [-0.05, 0) is 37.5 Å². The smallest absolute Gasteiger partial charge is 0.263 e. The highest BCUT2D eigenvalue weighted by molar-refractivity contribution is 7.17. The second-order valence-electron chi connectivity index (χ2n) is 7.07. The number of amides is 1. The van der Waals surface area contributed by atoms with Crippen LogP contribution in [0, 0.1) is 6.92 Å². The summed E-state index contributed by atoms with van der Waals surface area (Å²) in [6.45, 7) is 3.75. The van der Waals surface area contributed by atoms with Gasteiger partial charge in [-0.1, -0.05) is 42.5 Å². The van der Waals surface area contributed by atoms with Gasteiger partial charge in [-0.2, -0.15) is 0 Å². The Hall–Kier alpha value is -2.70. The number of aryl methyl sites for hydroxylation is 1. The first-order valence-corrected chi connectivity index (χ1v) is 10.6. The number of aromatic nitrogens is 1. The van der Waals surface area contributed by atoms with Gasteiger partial charge >= 0.3 is 0 Å². The molecule has 1 aliphatic heterocycles. The van der Waals surface area contributed by atoms with Crippen LogP contribution in [0.15, 0.2) is 54.6 Å². The van der Waals surface area contributed by atoms with E-state index in [1.54, 1.807) is 0 Å². The molecular formula is C23H24N2O3S. The lowest BCUT2D eigenvalue weighted by atomic mass is 10.2. The van der Waals surface area contributed by atoms with Gasteiger partial charge < -0.3 is 14.8 Å². The molecule has 4 rings (SSSR count). The first-order valence-electron chi connectivity index (χ1n) is 9.83. The Morgan fingerprint density at radius 2 is 2.00 bits per heavy atom. The van der Waals surface area contributed by atoms with Gasteiger partial charge in [-0.3, -0.25) is 4.79 Å². The summed E-state index contributed by atoms with van der Waals surface area (Å²) in [5.41, 5.74) is 2.80. The van der Waals surface area contributed by atoms with Crippen molar-refractivity contribution in [1.82, 2.24) is 10.3 Å². The molecule has 150 valence electrons. The molecule has 1 atom stereocenters. The predicted molar refractivity (Wildman–Crippen MR) is 114 cm³/mol. The third-order valence-corrected chi connectivity index (χ3v) is 6.07. The lowest BCUT2D eigenvalue weighted by Gasteiger charge is -2.12. The fraction of sp³-hybridized carbons (Fsp3) is 0.304. The zero-order valence-electron chi connectivity index (χ0n) is 16.4. The lowest BCUT2D eigenvalue weighted by molar-refractivity contribution is 0.0679. The van der Waals surface area contributed by atoms with E-state index in [9.17, 15) is 4.79 Å². The summed E-state index contributed by atoms with van der Waals surface area (Å²) < 4.78 is 11.3. The molecule has 1 aromatic heterocycles. The van der Waals surface area contributed by atoms with Crippen molar-refractivity contribution in [2.24, 2.45) is 0 Å². The summed E-state index contributed by atoms with van der Waals surface area (Å²) in [6, 6.07) is 17.7. The molecule has 1 amide bonds. The Kier molecular flexibility index (Phi) is 6.22. The first-order chi connectivity index (χ1) is 14.2. The molecule has 6 heteroatoms. The summed E-state index contributed by atoms with van der Waals surface area (Å²) in [6.07, 6.45) is 2.38. The number of thiazole rings is 1. The van der Waals surface area contributed by atoms with Crippen LogP contribution in [0.1, 0.15) is 33.8 Å².